The molecular weight excluding hydrogens is 452 g/mol. The number of pyridine rings is 1. The number of aryl methyl sites for hydroxylation is 1. The van der Waals surface area contributed by atoms with Crippen molar-refractivity contribution >= 4 is 29.5 Å². The lowest BCUT2D eigenvalue weighted by atomic mass is 9.98. The first-order valence-corrected chi connectivity index (χ1v) is 11.6. The SMILES string of the molecule is CC(C)(C)OC(=O)CCc1cc(Cl)cnc1NC(=O)OCC1c2ccccc2-c2ccccc21. The second-order valence-corrected chi connectivity index (χ2v) is 9.63. The lowest BCUT2D eigenvalue weighted by molar-refractivity contribution is -0.154. The Morgan fingerprint density at radius 2 is 1.65 bits per heavy atom. The molecular formula is C27H27ClN2O4. The Hall–Kier alpha value is -3.38. The van der Waals surface area contributed by atoms with E-state index in [0.717, 1.165) is 22.3 Å². The summed E-state index contributed by atoms with van der Waals surface area (Å²) in [7, 11) is 0. The molecule has 1 aliphatic carbocycles. The van der Waals surface area contributed by atoms with Gasteiger partial charge in [0.25, 0.3) is 0 Å². The number of hydrogen-bond donors (Lipinski definition) is 1. The maximum Gasteiger partial charge on any atom is 0.412 e. The number of rotatable bonds is 6. The third kappa shape index (κ3) is 5.57. The van der Waals surface area contributed by atoms with Crippen LogP contribution in [0.15, 0.2) is 60.8 Å². The van der Waals surface area contributed by atoms with Gasteiger partial charge >= 0.3 is 12.1 Å². The van der Waals surface area contributed by atoms with Gasteiger partial charge in [0.1, 0.15) is 18.0 Å². The zero-order valence-electron chi connectivity index (χ0n) is 19.4. The van der Waals surface area contributed by atoms with Gasteiger partial charge in [0.15, 0.2) is 0 Å². The largest absolute Gasteiger partial charge is 0.460 e. The average molecular weight is 479 g/mol. The van der Waals surface area contributed by atoms with Crippen LogP contribution < -0.4 is 5.32 Å². The van der Waals surface area contributed by atoms with Crippen molar-refractivity contribution in [3.8, 4) is 11.1 Å². The minimum Gasteiger partial charge on any atom is -0.460 e. The summed E-state index contributed by atoms with van der Waals surface area (Å²) in [5.74, 6) is -0.0623. The van der Waals surface area contributed by atoms with E-state index >= 15 is 0 Å². The van der Waals surface area contributed by atoms with Gasteiger partial charge in [0.2, 0.25) is 0 Å². The molecule has 0 radical (unpaired) electrons. The Labute approximate surface area is 204 Å². The van der Waals surface area contributed by atoms with Gasteiger partial charge in [-0.2, -0.15) is 0 Å². The fourth-order valence-corrected chi connectivity index (χ4v) is 4.33. The van der Waals surface area contributed by atoms with Gasteiger partial charge < -0.3 is 9.47 Å². The van der Waals surface area contributed by atoms with E-state index in [1.54, 1.807) is 6.07 Å². The van der Waals surface area contributed by atoms with Crippen LogP contribution in [-0.4, -0.2) is 29.3 Å². The number of carbonyl (C=O) groups is 2. The van der Waals surface area contributed by atoms with Crippen molar-refractivity contribution in [3.05, 3.63) is 82.5 Å². The molecule has 0 unspecified atom stereocenters. The van der Waals surface area contributed by atoms with Gasteiger partial charge in [-0.15, -0.1) is 0 Å². The van der Waals surface area contributed by atoms with Crippen LogP contribution in [-0.2, 0) is 20.7 Å². The second kappa shape index (κ2) is 9.85. The predicted octanol–water partition coefficient (Wildman–Crippen LogP) is 6.37. The summed E-state index contributed by atoms with van der Waals surface area (Å²) in [5.41, 5.74) is 4.67. The first-order valence-electron chi connectivity index (χ1n) is 11.2. The number of fused-ring (bicyclic) bond motifs is 3. The number of nitrogens with one attached hydrogen (secondary N) is 1. The summed E-state index contributed by atoms with van der Waals surface area (Å²) in [4.78, 5) is 29.0. The molecule has 3 aromatic rings. The highest BCUT2D eigenvalue weighted by atomic mass is 35.5. The first-order chi connectivity index (χ1) is 16.2. The van der Waals surface area contributed by atoms with E-state index in [9.17, 15) is 9.59 Å². The minimum atomic E-state index is -0.616. The smallest absolute Gasteiger partial charge is 0.412 e. The van der Waals surface area contributed by atoms with Gasteiger partial charge in [-0.25, -0.2) is 9.78 Å². The highest BCUT2D eigenvalue weighted by Crippen LogP contribution is 2.44. The third-order valence-electron chi connectivity index (χ3n) is 5.52. The molecule has 0 atom stereocenters. The molecule has 34 heavy (non-hydrogen) atoms. The van der Waals surface area contributed by atoms with E-state index < -0.39 is 11.7 Å². The number of amides is 1. The number of nitrogens with zero attached hydrogens (tertiary/aromatic N) is 1. The summed E-state index contributed by atoms with van der Waals surface area (Å²) in [6.45, 7) is 5.64. The van der Waals surface area contributed by atoms with Crippen LogP contribution >= 0.6 is 11.6 Å². The Kier molecular flexibility index (Phi) is 6.89. The van der Waals surface area contributed by atoms with Gasteiger partial charge in [0, 0.05) is 18.5 Å². The van der Waals surface area contributed by atoms with Crippen LogP contribution in [0.4, 0.5) is 10.6 Å². The fourth-order valence-electron chi connectivity index (χ4n) is 4.14. The van der Waals surface area contributed by atoms with E-state index in [4.69, 9.17) is 21.1 Å². The number of carbonyl (C=O) groups excluding carboxylic acids is 2. The van der Waals surface area contributed by atoms with E-state index in [1.807, 2.05) is 45.0 Å². The maximum absolute atomic E-state index is 12.7. The number of anilines is 1. The van der Waals surface area contributed by atoms with Crippen LogP contribution in [0, 0.1) is 0 Å². The van der Waals surface area contributed by atoms with Crippen molar-refractivity contribution in [1.82, 2.24) is 4.98 Å². The Balaban J connectivity index is 1.42. The van der Waals surface area contributed by atoms with Gasteiger partial charge in [-0.05, 0) is 61.1 Å². The van der Waals surface area contributed by atoms with Gasteiger partial charge in [0.05, 0.1) is 5.02 Å². The summed E-state index contributed by atoms with van der Waals surface area (Å²) < 4.78 is 11.0. The Morgan fingerprint density at radius 1 is 1.03 bits per heavy atom. The van der Waals surface area contributed by atoms with E-state index in [-0.39, 0.29) is 24.9 Å². The minimum absolute atomic E-state index is 0.0389. The molecule has 7 heteroatoms. The molecule has 1 aromatic heterocycles. The molecule has 176 valence electrons. The lowest BCUT2D eigenvalue weighted by Crippen LogP contribution is -2.24. The molecule has 2 aromatic carbocycles. The molecule has 0 spiro atoms. The lowest BCUT2D eigenvalue weighted by Gasteiger charge is -2.19. The quantitative estimate of drug-likeness (QED) is 0.416. The third-order valence-corrected chi connectivity index (χ3v) is 5.72. The van der Waals surface area contributed by atoms with Crippen LogP contribution in [0.2, 0.25) is 5.02 Å². The van der Waals surface area contributed by atoms with Crippen molar-refractivity contribution in [1.29, 1.82) is 0 Å². The van der Waals surface area contributed by atoms with Crippen molar-refractivity contribution in [2.45, 2.75) is 45.1 Å². The number of esters is 1. The van der Waals surface area contributed by atoms with Crippen molar-refractivity contribution < 1.29 is 19.1 Å². The molecule has 1 heterocycles. The molecule has 0 saturated carbocycles. The first kappa shape index (κ1) is 23.8. The zero-order valence-corrected chi connectivity index (χ0v) is 20.2. The van der Waals surface area contributed by atoms with Crippen LogP contribution in [0.1, 0.15) is 49.8 Å². The summed E-state index contributed by atoms with van der Waals surface area (Å²) >= 11 is 6.10. The maximum atomic E-state index is 12.7. The van der Waals surface area contributed by atoms with Crippen LogP contribution in [0.5, 0.6) is 0 Å². The van der Waals surface area contributed by atoms with Crippen LogP contribution in [0.25, 0.3) is 11.1 Å². The van der Waals surface area contributed by atoms with Gasteiger partial charge in [-0.3, -0.25) is 10.1 Å². The van der Waals surface area contributed by atoms with E-state index in [2.05, 4.69) is 34.6 Å². The molecule has 0 bridgehead atoms. The fraction of sp³-hybridized carbons (Fsp3) is 0.296. The number of hydrogen-bond acceptors (Lipinski definition) is 5. The normalized spacial score (nSPS) is 12.6. The Morgan fingerprint density at radius 3 is 2.26 bits per heavy atom. The summed E-state index contributed by atoms with van der Waals surface area (Å²) in [6.07, 6.45) is 1.28. The standard InChI is InChI=1S/C27H27ClN2O4/c1-27(2,3)34-24(31)13-12-17-14-18(28)15-29-25(17)30-26(32)33-16-23-21-10-6-4-8-19(21)20-9-5-7-11-22(20)23/h4-11,14-15,23H,12-13,16H2,1-3H3,(H,29,30,32). The zero-order chi connectivity index (χ0) is 24.3. The van der Waals surface area contributed by atoms with Crippen LogP contribution in [0.3, 0.4) is 0 Å². The number of ether oxygens (including phenoxy) is 2. The van der Waals surface area contributed by atoms with Crippen molar-refractivity contribution in [2.75, 3.05) is 11.9 Å². The monoisotopic (exact) mass is 478 g/mol. The topological polar surface area (TPSA) is 77.5 Å². The van der Waals surface area contributed by atoms with Crippen molar-refractivity contribution in [2.24, 2.45) is 0 Å². The molecule has 6 nitrogen and oxygen atoms in total. The molecule has 4 rings (SSSR count). The second-order valence-electron chi connectivity index (χ2n) is 9.20. The van der Waals surface area contributed by atoms with E-state index in [0.29, 0.717) is 22.8 Å². The van der Waals surface area contributed by atoms with Crippen molar-refractivity contribution in [3.63, 3.8) is 0 Å². The molecule has 1 amide bonds. The van der Waals surface area contributed by atoms with E-state index in [1.165, 1.54) is 6.20 Å². The molecule has 0 aliphatic heterocycles. The predicted molar refractivity (Wildman–Crippen MR) is 132 cm³/mol. The highest BCUT2D eigenvalue weighted by molar-refractivity contribution is 6.30. The molecule has 0 saturated heterocycles. The number of halogens is 1. The average Bonchev–Trinajstić information content (AvgIpc) is 3.10. The number of benzene rings is 2. The summed E-state index contributed by atoms with van der Waals surface area (Å²) in [6, 6.07) is 18.0. The Bertz CT molecular complexity index is 1170. The summed E-state index contributed by atoms with van der Waals surface area (Å²) in [5, 5.41) is 3.11. The highest BCUT2D eigenvalue weighted by Gasteiger charge is 2.29. The molecule has 1 aliphatic rings. The number of aromatic nitrogens is 1. The molecule has 0 fully saturated rings. The molecule has 1 N–H and O–H groups in total. The van der Waals surface area contributed by atoms with Gasteiger partial charge in [-0.1, -0.05) is 60.1 Å².